The number of amides is 1. The van der Waals surface area contributed by atoms with E-state index in [1.807, 2.05) is 0 Å². The number of carbonyl (C=O) groups excluding carboxylic acids is 1. The molecule has 3 aliphatic rings. The molecular formula is C25H30BrF4N3O3. The molecule has 11 heteroatoms. The van der Waals surface area contributed by atoms with Crippen molar-refractivity contribution < 1.29 is 31.6 Å². The van der Waals surface area contributed by atoms with Crippen LogP contribution in [-0.2, 0) is 15.8 Å². The number of anilines is 1. The molecule has 0 unspecified atom stereocenters. The molecule has 3 saturated carbocycles. The van der Waals surface area contributed by atoms with E-state index in [9.17, 15) is 22.4 Å². The number of aromatic nitrogens is 2. The van der Waals surface area contributed by atoms with Crippen molar-refractivity contribution in [3.05, 3.63) is 40.5 Å². The minimum absolute atomic E-state index is 0.0508. The van der Waals surface area contributed by atoms with Crippen molar-refractivity contribution in [1.29, 1.82) is 0 Å². The third kappa shape index (κ3) is 5.13. The van der Waals surface area contributed by atoms with Crippen molar-refractivity contribution in [3.8, 4) is 0 Å². The Hall–Kier alpha value is -2.17. The second-order valence-corrected chi connectivity index (χ2v) is 12.0. The molecule has 0 radical (unpaired) electrons. The fourth-order valence-electron chi connectivity index (χ4n) is 5.09. The number of ether oxygens (including phenoxy) is 1. The Balaban J connectivity index is 1.56. The number of fused-ring (bicyclic) bond motifs is 3. The lowest BCUT2D eigenvalue weighted by atomic mass is 9.53. The minimum Gasteiger partial charge on any atom is -0.433 e. The molecule has 1 aromatic heterocycles. The van der Waals surface area contributed by atoms with Crippen molar-refractivity contribution >= 4 is 27.7 Å². The van der Waals surface area contributed by atoms with E-state index in [0.29, 0.717) is 35.2 Å². The van der Waals surface area contributed by atoms with Crippen LogP contribution in [0.15, 0.2) is 33.3 Å². The Morgan fingerprint density at radius 2 is 1.69 bits per heavy atom. The molecule has 6 nitrogen and oxygen atoms in total. The summed E-state index contributed by atoms with van der Waals surface area (Å²) in [4.78, 5) is 18.8. The van der Waals surface area contributed by atoms with Crippen molar-refractivity contribution in [2.75, 3.05) is 11.4 Å². The predicted octanol–water partition coefficient (Wildman–Crippen LogP) is 7.61. The standard InChI is InChI=1S/C25H30BrF4N3O3/c1-21(2,27)19-31-18(32-36-19)24-11-8-23(9-12-24,10-13-24)15-33(17-7-5-6-16(26)14-17)20(34)35-22(3,4)25(28,29)30/h5-7,14H,8-13,15H2,1-4H3. The monoisotopic (exact) mass is 575 g/mol. The summed E-state index contributed by atoms with van der Waals surface area (Å²) in [6.45, 7) is 4.64. The van der Waals surface area contributed by atoms with E-state index in [-0.39, 0.29) is 23.3 Å². The summed E-state index contributed by atoms with van der Waals surface area (Å²) in [5, 5.41) is 4.08. The zero-order chi connectivity index (χ0) is 26.6. The lowest BCUT2D eigenvalue weighted by molar-refractivity contribution is -0.243. The van der Waals surface area contributed by atoms with Gasteiger partial charge in [-0.2, -0.15) is 18.2 Å². The molecule has 0 N–H and O–H groups in total. The smallest absolute Gasteiger partial charge is 0.427 e. The molecule has 1 amide bonds. The summed E-state index contributed by atoms with van der Waals surface area (Å²) in [6, 6.07) is 6.87. The van der Waals surface area contributed by atoms with Gasteiger partial charge < -0.3 is 9.26 Å². The number of hydrogen-bond acceptors (Lipinski definition) is 5. The highest BCUT2D eigenvalue weighted by Crippen LogP contribution is 2.57. The van der Waals surface area contributed by atoms with E-state index >= 15 is 0 Å². The zero-order valence-corrected chi connectivity index (χ0v) is 22.3. The Morgan fingerprint density at radius 3 is 2.19 bits per heavy atom. The first kappa shape index (κ1) is 26.9. The largest absolute Gasteiger partial charge is 0.433 e. The van der Waals surface area contributed by atoms with Crippen LogP contribution in [-0.4, -0.2) is 34.6 Å². The minimum atomic E-state index is -4.71. The van der Waals surface area contributed by atoms with Crippen LogP contribution in [0.2, 0.25) is 0 Å². The second-order valence-electron chi connectivity index (χ2n) is 11.1. The van der Waals surface area contributed by atoms with Gasteiger partial charge in [-0.05, 0) is 89.8 Å². The quantitative estimate of drug-likeness (QED) is 0.331. The third-order valence-corrected chi connectivity index (χ3v) is 8.16. The average molecular weight is 576 g/mol. The van der Waals surface area contributed by atoms with Gasteiger partial charge in [0.2, 0.25) is 5.60 Å². The fraction of sp³-hybridized carbons (Fsp3) is 0.640. The van der Waals surface area contributed by atoms with Gasteiger partial charge in [0.25, 0.3) is 5.89 Å². The van der Waals surface area contributed by atoms with Gasteiger partial charge in [-0.25, -0.2) is 9.18 Å². The van der Waals surface area contributed by atoms with E-state index in [1.54, 1.807) is 24.3 Å². The van der Waals surface area contributed by atoms with Crippen molar-refractivity contribution in [3.63, 3.8) is 0 Å². The van der Waals surface area contributed by atoms with Crippen molar-refractivity contribution in [2.24, 2.45) is 5.41 Å². The molecule has 3 aliphatic carbocycles. The molecule has 1 heterocycles. The summed E-state index contributed by atoms with van der Waals surface area (Å²) < 4.78 is 65.6. The summed E-state index contributed by atoms with van der Waals surface area (Å²) in [6.07, 6.45) is -1.45. The predicted molar refractivity (Wildman–Crippen MR) is 128 cm³/mol. The molecule has 0 aliphatic heterocycles. The number of nitrogens with zero attached hydrogens (tertiary/aromatic N) is 3. The number of benzene rings is 1. The van der Waals surface area contributed by atoms with Gasteiger partial charge in [0, 0.05) is 22.1 Å². The van der Waals surface area contributed by atoms with Crippen LogP contribution in [0, 0.1) is 5.41 Å². The molecule has 36 heavy (non-hydrogen) atoms. The first-order valence-corrected chi connectivity index (χ1v) is 12.7. The zero-order valence-electron chi connectivity index (χ0n) is 20.7. The van der Waals surface area contributed by atoms with Crippen LogP contribution < -0.4 is 4.90 Å². The van der Waals surface area contributed by atoms with E-state index in [4.69, 9.17) is 9.26 Å². The van der Waals surface area contributed by atoms with E-state index in [1.165, 1.54) is 18.7 Å². The lowest BCUT2D eigenvalue weighted by Gasteiger charge is -2.53. The van der Waals surface area contributed by atoms with Gasteiger partial charge in [-0.3, -0.25) is 4.90 Å². The Labute approximate surface area is 215 Å². The molecule has 2 aromatic rings. The number of halogens is 5. The van der Waals surface area contributed by atoms with Gasteiger partial charge in [0.05, 0.1) is 0 Å². The highest BCUT2D eigenvalue weighted by Gasteiger charge is 2.54. The highest BCUT2D eigenvalue weighted by molar-refractivity contribution is 9.10. The van der Waals surface area contributed by atoms with Crippen molar-refractivity contribution in [2.45, 2.75) is 89.1 Å². The first-order chi connectivity index (χ1) is 16.6. The lowest BCUT2D eigenvalue weighted by Crippen LogP contribution is -2.53. The number of hydrogen-bond donors (Lipinski definition) is 0. The third-order valence-electron chi connectivity index (χ3n) is 7.67. The topological polar surface area (TPSA) is 68.5 Å². The molecule has 0 atom stereocenters. The highest BCUT2D eigenvalue weighted by atomic mass is 79.9. The van der Waals surface area contributed by atoms with Crippen molar-refractivity contribution in [1.82, 2.24) is 10.1 Å². The fourth-order valence-corrected chi connectivity index (χ4v) is 5.48. The Kier molecular flexibility index (Phi) is 6.71. The van der Waals surface area contributed by atoms with E-state index in [0.717, 1.165) is 33.1 Å². The molecule has 5 rings (SSSR count). The molecular weight excluding hydrogens is 546 g/mol. The average Bonchev–Trinajstić information content (AvgIpc) is 3.30. The SMILES string of the molecule is CC(C)(F)c1nc(C23CCC(CN(C(=O)OC(C)(C)C(F)(F)F)c4cccc(Br)c4)(CC2)CC3)no1. The molecule has 2 bridgehead atoms. The second kappa shape index (κ2) is 8.99. The maximum Gasteiger partial charge on any atom is 0.427 e. The van der Waals surface area contributed by atoms with Crippen LogP contribution in [0.5, 0.6) is 0 Å². The Bertz CT molecular complexity index is 1100. The molecule has 3 fully saturated rings. The van der Waals surface area contributed by atoms with E-state index in [2.05, 4.69) is 26.1 Å². The van der Waals surface area contributed by atoms with Gasteiger partial charge in [-0.1, -0.05) is 27.2 Å². The maximum absolute atomic E-state index is 14.3. The molecule has 0 spiro atoms. The summed E-state index contributed by atoms with van der Waals surface area (Å²) in [7, 11) is 0. The van der Waals surface area contributed by atoms with Gasteiger partial charge in [0.15, 0.2) is 11.5 Å². The van der Waals surface area contributed by atoms with Crippen LogP contribution in [0.4, 0.5) is 28.0 Å². The van der Waals surface area contributed by atoms with Gasteiger partial charge >= 0.3 is 12.3 Å². The molecule has 0 saturated heterocycles. The summed E-state index contributed by atoms with van der Waals surface area (Å²) in [5.74, 6) is 0.455. The normalized spacial score (nSPS) is 24.6. The number of carbonyl (C=O) groups is 1. The number of rotatable bonds is 6. The number of alkyl halides is 4. The van der Waals surface area contributed by atoms with Crippen LogP contribution in [0.3, 0.4) is 0 Å². The maximum atomic E-state index is 14.3. The Morgan fingerprint density at radius 1 is 1.08 bits per heavy atom. The van der Waals surface area contributed by atoms with Gasteiger partial charge in [0.1, 0.15) is 0 Å². The van der Waals surface area contributed by atoms with Crippen LogP contribution in [0.25, 0.3) is 0 Å². The van der Waals surface area contributed by atoms with Crippen LogP contribution in [0.1, 0.15) is 77.9 Å². The first-order valence-electron chi connectivity index (χ1n) is 11.9. The van der Waals surface area contributed by atoms with E-state index < -0.39 is 23.5 Å². The summed E-state index contributed by atoms with van der Waals surface area (Å²) in [5.41, 5.74) is -4.53. The summed E-state index contributed by atoms with van der Waals surface area (Å²) >= 11 is 3.38. The van der Waals surface area contributed by atoms with Gasteiger partial charge in [-0.15, -0.1) is 0 Å². The van der Waals surface area contributed by atoms with Crippen LogP contribution >= 0.6 is 15.9 Å². The molecule has 198 valence electrons. The molecule has 1 aromatic carbocycles.